The number of hydrogen-bond donors (Lipinski definition) is 1. The predicted molar refractivity (Wildman–Crippen MR) is 74.7 cm³/mol. The van der Waals surface area contributed by atoms with Gasteiger partial charge < -0.3 is 10.2 Å². The molecule has 1 N–H and O–H groups in total. The summed E-state index contributed by atoms with van der Waals surface area (Å²) in [6.07, 6.45) is 3.45. The highest BCUT2D eigenvalue weighted by Gasteiger charge is 2.28. The Morgan fingerprint density at radius 1 is 1.60 bits per heavy atom. The number of amides is 1. The van der Waals surface area contributed by atoms with Crippen molar-refractivity contribution < 1.29 is 9.72 Å². The molecule has 1 aliphatic carbocycles. The van der Waals surface area contributed by atoms with Crippen LogP contribution in [-0.2, 0) is 0 Å². The van der Waals surface area contributed by atoms with Crippen LogP contribution < -0.4 is 5.32 Å². The van der Waals surface area contributed by atoms with Gasteiger partial charge in [-0.05, 0) is 25.7 Å². The van der Waals surface area contributed by atoms with Gasteiger partial charge in [0.15, 0.2) is 0 Å². The molecule has 1 aliphatic rings. The number of nitrogens with one attached hydrogen (secondary N) is 1. The van der Waals surface area contributed by atoms with Crippen molar-refractivity contribution in [1.29, 1.82) is 0 Å². The van der Waals surface area contributed by atoms with Crippen molar-refractivity contribution in [3.8, 4) is 0 Å². The van der Waals surface area contributed by atoms with E-state index in [-0.39, 0.29) is 17.2 Å². The van der Waals surface area contributed by atoms with Crippen LogP contribution in [0.3, 0.4) is 0 Å². The first-order valence-electron chi connectivity index (χ1n) is 6.68. The van der Waals surface area contributed by atoms with Crippen molar-refractivity contribution >= 4 is 17.4 Å². The zero-order valence-corrected chi connectivity index (χ0v) is 11.6. The molecule has 0 radical (unpaired) electrons. The number of anilines is 1. The van der Waals surface area contributed by atoms with Gasteiger partial charge in [-0.25, -0.2) is 4.98 Å². The Morgan fingerprint density at radius 2 is 2.30 bits per heavy atom. The Morgan fingerprint density at radius 3 is 2.80 bits per heavy atom. The maximum Gasteiger partial charge on any atom is 0.288 e. The molecule has 1 heterocycles. The molecule has 0 aliphatic heterocycles. The van der Waals surface area contributed by atoms with Gasteiger partial charge in [0.1, 0.15) is 12.0 Å². The first kappa shape index (κ1) is 14.2. The van der Waals surface area contributed by atoms with Gasteiger partial charge in [0.05, 0.1) is 10.5 Å². The van der Waals surface area contributed by atoms with E-state index in [1.165, 1.54) is 6.07 Å². The molecule has 1 amide bonds. The van der Waals surface area contributed by atoms with Crippen molar-refractivity contribution in [2.45, 2.75) is 19.8 Å². The van der Waals surface area contributed by atoms with E-state index < -0.39 is 4.92 Å². The summed E-state index contributed by atoms with van der Waals surface area (Å²) < 4.78 is 0. The van der Waals surface area contributed by atoms with Gasteiger partial charge in [0.2, 0.25) is 0 Å². The second kappa shape index (κ2) is 5.85. The number of hydrogen-bond acceptors (Lipinski definition) is 5. The summed E-state index contributed by atoms with van der Waals surface area (Å²) in [6, 6.07) is 1.29. The molecule has 0 spiro atoms. The van der Waals surface area contributed by atoms with E-state index >= 15 is 0 Å². The molecule has 0 aromatic carbocycles. The molecule has 7 heteroatoms. The van der Waals surface area contributed by atoms with Gasteiger partial charge in [-0.1, -0.05) is 0 Å². The first-order chi connectivity index (χ1) is 9.56. The minimum Gasteiger partial charge on any atom is -0.372 e. The van der Waals surface area contributed by atoms with Gasteiger partial charge in [0.25, 0.3) is 11.6 Å². The van der Waals surface area contributed by atoms with Gasteiger partial charge in [0, 0.05) is 26.2 Å². The second-order valence-electron chi connectivity index (χ2n) is 4.88. The van der Waals surface area contributed by atoms with Crippen LogP contribution in [0.1, 0.15) is 30.1 Å². The molecule has 0 atom stereocenters. The molecule has 7 nitrogen and oxygen atoms in total. The lowest BCUT2D eigenvalue weighted by Crippen LogP contribution is -2.33. The number of nitrogens with zero attached hydrogens (tertiary/aromatic N) is 3. The zero-order valence-electron chi connectivity index (χ0n) is 11.6. The van der Waals surface area contributed by atoms with Crippen LogP contribution >= 0.6 is 0 Å². The summed E-state index contributed by atoms with van der Waals surface area (Å²) in [6.45, 7) is 3.20. The molecule has 1 aromatic heterocycles. The Kier molecular flexibility index (Phi) is 4.16. The molecule has 0 bridgehead atoms. The lowest BCUT2D eigenvalue weighted by Gasteiger charge is -2.21. The topological polar surface area (TPSA) is 88.4 Å². The van der Waals surface area contributed by atoms with Crippen LogP contribution in [0, 0.1) is 16.0 Å². The Labute approximate surface area is 117 Å². The molecule has 0 saturated heterocycles. The van der Waals surface area contributed by atoms with Gasteiger partial charge in [-0.3, -0.25) is 14.9 Å². The normalized spacial score (nSPS) is 13.9. The van der Waals surface area contributed by atoms with E-state index in [4.69, 9.17) is 0 Å². The van der Waals surface area contributed by atoms with Crippen LogP contribution in [0.15, 0.2) is 12.3 Å². The van der Waals surface area contributed by atoms with E-state index in [0.717, 1.165) is 19.0 Å². The monoisotopic (exact) mass is 278 g/mol. The molecule has 1 saturated carbocycles. The minimum absolute atomic E-state index is 0.171. The van der Waals surface area contributed by atoms with E-state index in [1.54, 1.807) is 11.9 Å². The van der Waals surface area contributed by atoms with E-state index in [0.29, 0.717) is 24.8 Å². The fourth-order valence-electron chi connectivity index (χ4n) is 2.05. The predicted octanol–water partition coefficient (Wildman–Crippen LogP) is 1.90. The standard InChI is InChI=1S/C13H18N4O3/c1-3-16(8-9-4-5-9)13(18)11-6-10(17(19)20)7-15-12(11)14-2/h6-7,9H,3-5,8H2,1-2H3,(H,14,15). The Hall–Kier alpha value is -2.18. The van der Waals surface area contributed by atoms with Crippen molar-refractivity contribution in [3.63, 3.8) is 0 Å². The van der Waals surface area contributed by atoms with Crippen LogP contribution in [-0.4, -0.2) is 40.9 Å². The largest absolute Gasteiger partial charge is 0.372 e. The van der Waals surface area contributed by atoms with Crippen LogP contribution in [0.4, 0.5) is 11.5 Å². The Balaban J connectivity index is 2.29. The quantitative estimate of drug-likeness (QED) is 0.634. The number of carbonyl (C=O) groups excluding carboxylic acids is 1. The van der Waals surface area contributed by atoms with Crippen molar-refractivity contribution in [2.24, 2.45) is 5.92 Å². The summed E-state index contributed by atoms with van der Waals surface area (Å²) in [5.74, 6) is 0.735. The van der Waals surface area contributed by atoms with Crippen LogP contribution in [0.25, 0.3) is 0 Å². The highest BCUT2D eigenvalue weighted by Crippen LogP contribution is 2.30. The summed E-state index contributed by atoms with van der Waals surface area (Å²) in [5.41, 5.74) is 0.0824. The molecule has 1 fully saturated rings. The fourth-order valence-corrected chi connectivity index (χ4v) is 2.05. The summed E-state index contributed by atoms with van der Waals surface area (Å²) >= 11 is 0. The number of pyridine rings is 1. The fraction of sp³-hybridized carbons (Fsp3) is 0.538. The average Bonchev–Trinajstić information content (AvgIpc) is 3.27. The van der Waals surface area contributed by atoms with Gasteiger partial charge >= 0.3 is 0 Å². The van der Waals surface area contributed by atoms with Crippen molar-refractivity contribution in [2.75, 3.05) is 25.5 Å². The molecule has 0 unspecified atom stereocenters. The number of carbonyl (C=O) groups is 1. The highest BCUT2D eigenvalue weighted by molar-refractivity contribution is 5.99. The SMILES string of the molecule is CCN(CC1CC1)C(=O)c1cc([N+](=O)[O-])cnc1NC. The molecular weight excluding hydrogens is 260 g/mol. The second-order valence-corrected chi connectivity index (χ2v) is 4.88. The van der Waals surface area contributed by atoms with Crippen molar-refractivity contribution in [1.82, 2.24) is 9.88 Å². The molecular formula is C13H18N4O3. The van der Waals surface area contributed by atoms with Crippen molar-refractivity contribution in [3.05, 3.63) is 27.9 Å². The third kappa shape index (κ3) is 3.04. The summed E-state index contributed by atoms with van der Waals surface area (Å²) in [7, 11) is 1.64. The van der Waals surface area contributed by atoms with Gasteiger partial charge in [-0.2, -0.15) is 0 Å². The third-order valence-corrected chi connectivity index (χ3v) is 3.40. The number of nitro groups is 1. The summed E-state index contributed by atoms with van der Waals surface area (Å²) in [4.78, 5) is 28.5. The maximum absolute atomic E-state index is 12.5. The molecule has 20 heavy (non-hydrogen) atoms. The lowest BCUT2D eigenvalue weighted by molar-refractivity contribution is -0.385. The smallest absolute Gasteiger partial charge is 0.288 e. The third-order valence-electron chi connectivity index (χ3n) is 3.40. The Bertz CT molecular complexity index is 528. The summed E-state index contributed by atoms with van der Waals surface area (Å²) in [5, 5.41) is 13.6. The number of rotatable bonds is 6. The maximum atomic E-state index is 12.5. The minimum atomic E-state index is -0.541. The van der Waals surface area contributed by atoms with E-state index in [2.05, 4.69) is 10.3 Å². The molecule has 2 rings (SSSR count). The van der Waals surface area contributed by atoms with E-state index in [9.17, 15) is 14.9 Å². The van der Waals surface area contributed by atoms with Crippen LogP contribution in [0.5, 0.6) is 0 Å². The lowest BCUT2D eigenvalue weighted by atomic mass is 10.2. The molecule has 1 aromatic rings. The first-order valence-corrected chi connectivity index (χ1v) is 6.68. The zero-order chi connectivity index (χ0) is 14.7. The average molecular weight is 278 g/mol. The highest BCUT2D eigenvalue weighted by atomic mass is 16.6. The van der Waals surface area contributed by atoms with Gasteiger partial charge in [-0.15, -0.1) is 0 Å². The van der Waals surface area contributed by atoms with E-state index in [1.807, 2.05) is 6.92 Å². The molecule has 108 valence electrons. The van der Waals surface area contributed by atoms with Crippen LogP contribution in [0.2, 0.25) is 0 Å². The number of aromatic nitrogens is 1.